The number of aryl methyl sites for hydroxylation is 1. The Balaban J connectivity index is 0.929. The smallest absolute Gasteiger partial charge is 0.0159 e. The quantitative estimate of drug-likeness (QED) is 0.158. The number of fused-ring (bicyclic) bond motifs is 10. The van der Waals surface area contributed by atoms with Gasteiger partial charge in [0, 0.05) is 10.8 Å². The third-order valence-electron chi connectivity index (χ3n) is 14.1. The van der Waals surface area contributed by atoms with Crippen molar-refractivity contribution in [2.75, 3.05) is 0 Å². The first-order valence-electron chi connectivity index (χ1n) is 21.0. The van der Waals surface area contributed by atoms with Crippen molar-refractivity contribution in [1.29, 1.82) is 0 Å². The van der Waals surface area contributed by atoms with Gasteiger partial charge in [-0.1, -0.05) is 167 Å². The third-order valence-corrected chi connectivity index (χ3v) is 14.1. The Morgan fingerprint density at radius 3 is 1.28 bits per heavy atom. The molecule has 0 aromatic heterocycles. The molecule has 0 atom stereocenters. The maximum atomic E-state index is 2.50. The number of hydrogen-bond donors (Lipinski definition) is 0. The Kier molecular flexibility index (Phi) is 6.96. The van der Waals surface area contributed by atoms with Crippen molar-refractivity contribution in [2.24, 2.45) is 0 Å². The summed E-state index contributed by atoms with van der Waals surface area (Å²) >= 11 is 0. The highest BCUT2D eigenvalue weighted by atomic mass is 14.4. The summed E-state index contributed by atoms with van der Waals surface area (Å²) < 4.78 is 0. The van der Waals surface area contributed by atoms with Gasteiger partial charge in [-0.05, 0) is 165 Å². The van der Waals surface area contributed by atoms with Crippen LogP contribution in [0.5, 0.6) is 0 Å². The summed E-state index contributed by atoms with van der Waals surface area (Å²) in [5.74, 6) is 0. The minimum atomic E-state index is -0.143. The second kappa shape index (κ2) is 12.0. The largest absolute Gasteiger partial charge is 0.0836 e. The van der Waals surface area contributed by atoms with Gasteiger partial charge in [-0.25, -0.2) is 0 Å². The Morgan fingerprint density at radius 2 is 0.776 bits per heavy atom. The summed E-state index contributed by atoms with van der Waals surface area (Å²) in [6, 6.07) is 60.2. The summed E-state index contributed by atoms with van der Waals surface area (Å²) in [5, 5.41) is 7.84. The summed E-state index contributed by atoms with van der Waals surface area (Å²) in [7, 11) is 0. The van der Waals surface area contributed by atoms with Gasteiger partial charge in [-0.2, -0.15) is 0 Å². The average Bonchev–Trinajstić information content (AvgIpc) is 3.62. The molecule has 0 saturated carbocycles. The molecule has 0 spiro atoms. The molecule has 0 radical (unpaired) electrons. The van der Waals surface area contributed by atoms with Crippen molar-refractivity contribution in [1.82, 2.24) is 0 Å². The van der Waals surface area contributed by atoms with Gasteiger partial charge >= 0.3 is 0 Å². The molecule has 0 bridgehead atoms. The number of rotatable bonds is 3. The van der Waals surface area contributed by atoms with Crippen molar-refractivity contribution in [3.8, 4) is 55.6 Å². The highest BCUT2D eigenvalue weighted by Crippen LogP contribution is 2.54. The van der Waals surface area contributed by atoms with Gasteiger partial charge in [0.25, 0.3) is 0 Å². The molecule has 12 rings (SSSR count). The molecule has 0 N–H and O–H groups in total. The highest BCUT2D eigenvalue weighted by molar-refractivity contribution is 6.13. The molecule has 276 valence electrons. The van der Waals surface area contributed by atoms with Crippen LogP contribution in [0.4, 0.5) is 0 Å². The van der Waals surface area contributed by atoms with Crippen LogP contribution in [0.15, 0.2) is 164 Å². The van der Waals surface area contributed by atoms with Crippen LogP contribution in [0.2, 0.25) is 0 Å². The number of hydrogen-bond acceptors (Lipinski definition) is 0. The second-order valence-corrected chi connectivity index (χ2v) is 18.0. The van der Waals surface area contributed by atoms with Crippen LogP contribution in [0.25, 0.3) is 94.0 Å². The van der Waals surface area contributed by atoms with Crippen molar-refractivity contribution in [3.05, 3.63) is 197 Å². The van der Waals surface area contributed by atoms with Crippen molar-refractivity contribution in [3.63, 3.8) is 0 Å². The van der Waals surface area contributed by atoms with E-state index in [1.54, 1.807) is 0 Å². The van der Waals surface area contributed by atoms with Crippen LogP contribution in [-0.2, 0) is 17.3 Å². The molecule has 58 heavy (non-hydrogen) atoms. The molecule has 0 unspecified atom stereocenters. The molecule has 0 fully saturated rings. The van der Waals surface area contributed by atoms with Gasteiger partial charge in [-0.3, -0.25) is 0 Å². The molecule has 0 heterocycles. The molecule has 0 saturated heterocycles. The van der Waals surface area contributed by atoms with Gasteiger partial charge in [0.1, 0.15) is 0 Å². The van der Waals surface area contributed by atoms with Crippen LogP contribution >= 0.6 is 0 Å². The van der Waals surface area contributed by atoms with E-state index in [4.69, 9.17) is 0 Å². The topological polar surface area (TPSA) is 0 Å². The Labute approximate surface area is 341 Å². The van der Waals surface area contributed by atoms with E-state index < -0.39 is 0 Å². The van der Waals surface area contributed by atoms with Crippen LogP contribution in [0, 0.1) is 0 Å². The van der Waals surface area contributed by atoms with Crippen LogP contribution in [0.3, 0.4) is 0 Å². The molecular formula is C58H44. The number of benzene rings is 9. The normalized spacial score (nSPS) is 15.3. The van der Waals surface area contributed by atoms with E-state index in [9.17, 15) is 0 Å². The Bertz CT molecular complexity index is 3220. The van der Waals surface area contributed by atoms with Gasteiger partial charge < -0.3 is 0 Å². The van der Waals surface area contributed by atoms with Crippen molar-refractivity contribution >= 4 is 38.4 Å². The molecular weight excluding hydrogens is 697 g/mol. The van der Waals surface area contributed by atoms with Crippen LogP contribution in [0.1, 0.15) is 67.5 Å². The minimum Gasteiger partial charge on any atom is -0.0836 e. The molecule has 0 amide bonds. The van der Waals surface area contributed by atoms with Gasteiger partial charge in [-0.15, -0.1) is 0 Å². The average molecular weight is 741 g/mol. The summed E-state index contributed by atoms with van der Waals surface area (Å²) in [6.07, 6.45) is 6.92. The summed E-state index contributed by atoms with van der Waals surface area (Å²) in [6.45, 7) is 9.66. The predicted octanol–water partition coefficient (Wildman–Crippen LogP) is 15.7. The van der Waals surface area contributed by atoms with Crippen molar-refractivity contribution in [2.45, 2.75) is 51.4 Å². The summed E-state index contributed by atoms with van der Waals surface area (Å²) in [5.41, 5.74) is 21.5. The van der Waals surface area contributed by atoms with Gasteiger partial charge in [0.15, 0.2) is 0 Å². The molecule has 3 aliphatic carbocycles. The van der Waals surface area contributed by atoms with E-state index in [1.807, 2.05) is 0 Å². The molecule has 9 aromatic carbocycles. The lowest BCUT2D eigenvalue weighted by molar-refractivity contribution is 0.660. The molecule has 0 aliphatic heterocycles. The van der Waals surface area contributed by atoms with Gasteiger partial charge in [0.05, 0.1) is 0 Å². The standard InChI is InChI=1S/C58H44/c1-57(2)51-31-35(21-25-47(51)49-27-23-41(33-53(49)57)55-43-17-9-5-13-37(43)29-38-14-6-10-18-44(38)55)36-22-26-48-50-28-24-42(34-54(50)58(3,4)52(48)32-36)56-45-19-11-7-15-39(45)30-40-16-8-12-20-46(40)56/h5-7,9-15,17-34H,8,16H2,1-4H3. The van der Waals surface area contributed by atoms with Crippen molar-refractivity contribution < 1.29 is 0 Å². The maximum absolute atomic E-state index is 2.50. The zero-order chi connectivity index (χ0) is 38.9. The zero-order valence-corrected chi connectivity index (χ0v) is 33.6. The third kappa shape index (κ3) is 4.69. The Morgan fingerprint density at radius 1 is 0.379 bits per heavy atom. The maximum Gasteiger partial charge on any atom is 0.0159 e. The first-order chi connectivity index (χ1) is 28.3. The second-order valence-electron chi connectivity index (χ2n) is 18.0. The fourth-order valence-corrected chi connectivity index (χ4v) is 11.0. The first-order valence-corrected chi connectivity index (χ1v) is 21.0. The molecule has 0 heteroatoms. The van der Waals surface area contributed by atoms with E-state index >= 15 is 0 Å². The Hall–Kier alpha value is -6.50. The lowest BCUT2D eigenvalue weighted by Gasteiger charge is -2.24. The molecule has 3 aliphatic rings. The van der Waals surface area contributed by atoms with E-state index in [2.05, 4.69) is 198 Å². The van der Waals surface area contributed by atoms with Gasteiger partial charge in [0.2, 0.25) is 0 Å². The lowest BCUT2D eigenvalue weighted by atomic mass is 9.79. The fourth-order valence-electron chi connectivity index (χ4n) is 11.0. The summed E-state index contributed by atoms with van der Waals surface area (Å²) in [4.78, 5) is 0. The van der Waals surface area contributed by atoms with E-state index in [0.717, 1.165) is 12.8 Å². The van der Waals surface area contributed by atoms with E-state index in [1.165, 1.54) is 121 Å². The fraction of sp³-hybridized carbons (Fsp3) is 0.138. The molecule has 9 aromatic rings. The highest BCUT2D eigenvalue weighted by Gasteiger charge is 2.38. The van der Waals surface area contributed by atoms with Crippen LogP contribution < -0.4 is 0 Å². The minimum absolute atomic E-state index is 0.133. The zero-order valence-electron chi connectivity index (χ0n) is 33.6. The number of allylic oxidation sites excluding steroid dienone is 1. The first kappa shape index (κ1) is 33.6. The monoisotopic (exact) mass is 740 g/mol. The van der Waals surface area contributed by atoms with Crippen LogP contribution in [-0.4, -0.2) is 0 Å². The van der Waals surface area contributed by atoms with E-state index in [-0.39, 0.29) is 10.8 Å². The SMILES string of the molecule is CC1(C)c2cc(-c3ccc4c(c3)C(C)(C)c3cc(-c5c6ccccc6cc6ccccc56)ccc3-4)ccc2-c2ccc(-c3c4c(cc5ccccc35)CCC=C4)cc21. The van der Waals surface area contributed by atoms with E-state index in [0.29, 0.717) is 0 Å². The predicted molar refractivity (Wildman–Crippen MR) is 248 cm³/mol. The lowest BCUT2D eigenvalue weighted by Crippen LogP contribution is -2.15. The molecule has 0 nitrogen and oxygen atoms in total.